The van der Waals surface area contributed by atoms with Crippen molar-refractivity contribution < 1.29 is 8.83 Å². The summed E-state index contributed by atoms with van der Waals surface area (Å²) in [6, 6.07) is 65.6. The van der Waals surface area contributed by atoms with Crippen molar-refractivity contribution in [2.45, 2.75) is 0 Å². The molecule has 0 spiro atoms. The molecule has 4 heterocycles. The lowest BCUT2D eigenvalue weighted by Gasteiger charge is -2.09. The molecule has 0 radical (unpaired) electrons. The van der Waals surface area contributed by atoms with E-state index in [2.05, 4.69) is 144 Å². The molecule has 266 valence electrons. The molecule has 5 heteroatoms. The second-order valence-corrected chi connectivity index (χ2v) is 14.6. The van der Waals surface area contributed by atoms with Crippen LogP contribution in [0.1, 0.15) is 0 Å². The van der Waals surface area contributed by atoms with Crippen molar-refractivity contribution in [3.63, 3.8) is 0 Å². The maximum atomic E-state index is 6.45. The Hall–Kier alpha value is -7.76. The lowest BCUT2D eigenvalue weighted by molar-refractivity contribution is 0.656. The van der Waals surface area contributed by atoms with Gasteiger partial charge < -0.3 is 13.4 Å². The molecule has 0 saturated heterocycles. The number of nitrogens with zero attached hydrogens (tertiary/aromatic N) is 3. The average Bonchev–Trinajstić information content (AvgIpc) is 3.94. The molecule has 0 aliphatic heterocycles. The quantitative estimate of drug-likeness (QED) is 0.177. The van der Waals surface area contributed by atoms with Crippen LogP contribution in [0.25, 0.3) is 116 Å². The summed E-state index contributed by atoms with van der Waals surface area (Å²) in [6.07, 6.45) is 0. The lowest BCUT2D eigenvalue weighted by atomic mass is 10.00. The van der Waals surface area contributed by atoms with Crippen LogP contribution in [0.5, 0.6) is 0 Å². The first-order valence-corrected chi connectivity index (χ1v) is 19.1. The molecule has 0 amide bonds. The highest BCUT2D eigenvalue weighted by Gasteiger charge is 2.18. The van der Waals surface area contributed by atoms with Crippen LogP contribution in [0.4, 0.5) is 0 Å². The van der Waals surface area contributed by atoms with Crippen LogP contribution in [-0.4, -0.2) is 14.5 Å². The van der Waals surface area contributed by atoms with E-state index in [0.717, 1.165) is 88.8 Å². The van der Waals surface area contributed by atoms with E-state index < -0.39 is 0 Å². The minimum atomic E-state index is 0.688. The Kier molecular flexibility index (Phi) is 6.86. The Labute approximate surface area is 326 Å². The van der Waals surface area contributed by atoms with Crippen LogP contribution < -0.4 is 0 Å². The first-order valence-electron chi connectivity index (χ1n) is 19.1. The number of aromatic nitrogens is 3. The topological polar surface area (TPSA) is 57.0 Å². The van der Waals surface area contributed by atoms with Gasteiger partial charge in [0.05, 0.1) is 22.4 Å². The van der Waals surface area contributed by atoms with E-state index in [-0.39, 0.29) is 0 Å². The zero-order chi connectivity index (χ0) is 37.5. The molecule has 0 atom stereocenters. The second-order valence-electron chi connectivity index (χ2n) is 14.6. The number of benzene rings is 8. The summed E-state index contributed by atoms with van der Waals surface area (Å²) in [5.41, 5.74) is 13.8. The highest BCUT2D eigenvalue weighted by Crippen LogP contribution is 2.41. The molecular weight excluding hydrogens is 699 g/mol. The Balaban J connectivity index is 0.993. The molecule has 0 bridgehead atoms. The molecule has 0 unspecified atom stereocenters. The van der Waals surface area contributed by atoms with Crippen molar-refractivity contribution in [2.75, 3.05) is 0 Å². The fourth-order valence-corrected chi connectivity index (χ4v) is 8.46. The molecule has 0 fully saturated rings. The van der Waals surface area contributed by atoms with E-state index in [1.54, 1.807) is 0 Å². The third-order valence-electron chi connectivity index (χ3n) is 11.2. The maximum absolute atomic E-state index is 6.45. The first kappa shape index (κ1) is 31.6. The predicted molar refractivity (Wildman–Crippen MR) is 233 cm³/mol. The van der Waals surface area contributed by atoms with Gasteiger partial charge in [0, 0.05) is 60.8 Å². The summed E-state index contributed by atoms with van der Waals surface area (Å²) in [6.45, 7) is 0. The number of furan rings is 2. The number of fused-ring (bicyclic) bond motifs is 9. The second kappa shape index (κ2) is 12.4. The summed E-state index contributed by atoms with van der Waals surface area (Å²) in [4.78, 5) is 10.1. The van der Waals surface area contributed by atoms with Crippen LogP contribution in [0.3, 0.4) is 0 Å². The third kappa shape index (κ3) is 5.10. The monoisotopic (exact) mass is 729 g/mol. The normalized spacial score (nSPS) is 11.9. The van der Waals surface area contributed by atoms with Gasteiger partial charge in [0.2, 0.25) is 0 Å². The zero-order valence-electron chi connectivity index (χ0n) is 30.6. The Morgan fingerprint density at radius 2 is 0.825 bits per heavy atom. The highest BCUT2D eigenvalue weighted by molar-refractivity contribution is 6.16. The molecule has 57 heavy (non-hydrogen) atoms. The van der Waals surface area contributed by atoms with Gasteiger partial charge in [-0.05, 0) is 83.9 Å². The molecule has 5 nitrogen and oxygen atoms in total. The lowest BCUT2D eigenvalue weighted by Crippen LogP contribution is -1.95. The first-order chi connectivity index (χ1) is 28.2. The summed E-state index contributed by atoms with van der Waals surface area (Å²) in [5.74, 6) is 0.688. The smallest absolute Gasteiger partial charge is 0.160 e. The SMILES string of the molecule is c1ccc(-c2cc(-c3ccc4oc5cc6oc7ccc(-c8ccc9c(c8)c8ccccc8n9-c8ccccc8)cc7c6cc5c4c3)nc(-c3ccccc3)n2)cc1. The van der Waals surface area contributed by atoms with Crippen molar-refractivity contribution in [1.82, 2.24) is 14.5 Å². The zero-order valence-corrected chi connectivity index (χ0v) is 30.6. The molecule has 0 saturated carbocycles. The highest BCUT2D eigenvalue weighted by atomic mass is 16.3. The van der Waals surface area contributed by atoms with Crippen molar-refractivity contribution in [2.24, 2.45) is 0 Å². The molecule has 0 N–H and O–H groups in total. The summed E-state index contributed by atoms with van der Waals surface area (Å²) in [5, 5.41) is 6.63. The van der Waals surface area contributed by atoms with Gasteiger partial charge in [-0.3, -0.25) is 0 Å². The molecule has 8 aromatic carbocycles. The van der Waals surface area contributed by atoms with Crippen molar-refractivity contribution >= 4 is 65.7 Å². The molecule has 4 aromatic heterocycles. The van der Waals surface area contributed by atoms with Crippen molar-refractivity contribution in [3.8, 4) is 50.7 Å². The largest absolute Gasteiger partial charge is 0.456 e. The molecule has 0 aliphatic carbocycles. The number of rotatable bonds is 5. The Morgan fingerprint density at radius 3 is 1.53 bits per heavy atom. The molecule has 12 aromatic rings. The predicted octanol–water partition coefficient (Wildman–Crippen LogP) is 14.0. The Morgan fingerprint density at radius 1 is 0.316 bits per heavy atom. The molecular formula is C52H31N3O2. The van der Waals surface area contributed by atoms with Crippen molar-refractivity contribution in [3.05, 3.63) is 188 Å². The van der Waals surface area contributed by atoms with Gasteiger partial charge in [-0.2, -0.15) is 0 Å². The van der Waals surface area contributed by atoms with Crippen LogP contribution in [0, 0.1) is 0 Å². The third-order valence-corrected chi connectivity index (χ3v) is 11.2. The van der Waals surface area contributed by atoms with Gasteiger partial charge in [-0.1, -0.05) is 109 Å². The van der Waals surface area contributed by atoms with Crippen LogP contribution in [0.2, 0.25) is 0 Å². The van der Waals surface area contributed by atoms with E-state index >= 15 is 0 Å². The standard InChI is InChI=1S/C52H31N3O2/c1-4-12-32(13-5-1)44-30-45(54-52(53-44)33-14-6-2-7-15-33)36-22-25-49-41(28-36)43-29-42-40-27-35(21-24-48(40)56-50(42)31-51(43)57-49)34-20-23-47-39(26-34)38-18-10-11-19-46(38)55(47)37-16-8-3-9-17-37/h1-31H. The summed E-state index contributed by atoms with van der Waals surface area (Å²) >= 11 is 0. The van der Waals surface area contributed by atoms with Gasteiger partial charge in [0.1, 0.15) is 22.3 Å². The van der Waals surface area contributed by atoms with E-state index in [1.165, 1.54) is 21.8 Å². The van der Waals surface area contributed by atoms with E-state index in [9.17, 15) is 0 Å². The summed E-state index contributed by atoms with van der Waals surface area (Å²) < 4.78 is 15.2. The van der Waals surface area contributed by atoms with Gasteiger partial charge in [0.25, 0.3) is 0 Å². The van der Waals surface area contributed by atoms with E-state index in [4.69, 9.17) is 18.8 Å². The van der Waals surface area contributed by atoms with Crippen molar-refractivity contribution in [1.29, 1.82) is 0 Å². The number of hydrogen-bond acceptors (Lipinski definition) is 4. The minimum absolute atomic E-state index is 0.688. The fraction of sp³-hybridized carbons (Fsp3) is 0. The Bertz CT molecular complexity index is 3450. The average molecular weight is 730 g/mol. The summed E-state index contributed by atoms with van der Waals surface area (Å²) in [7, 11) is 0. The fourth-order valence-electron chi connectivity index (χ4n) is 8.46. The minimum Gasteiger partial charge on any atom is -0.456 e. The molecule has 12 rings (SSSR count). The van der Waals surface area contributed by atoms with E-state index in [1.807, 2.05) is 48.5 Å². The van der Waals surface area contributed by atoms with Gasteiger partial charge >= 0.3 is 0 Å². The molecule has 0 aliphatic rings. The number of para-hydroxylation sites is 2. The van der Waals surface area contributed by atoms with Crippen LogP contribution in [0.15, 0.2) is 197 Å². The van der Waals surface area contributed by atoms with Gasteiger partial charge in [-0.15, -0.1) is 0 Å². The van der Waals surface area contributed by atoms with Gasteiger partial charge in [-0.25, -0.2) is 9.97 Å². The van der Waals surface area contributed by atoms with Crippen LogP contribution >= 0.6 is 0 Å². The van der Waals surface area contributed by atoms with Gasteiger partial charge in [0.15, 0.2) is 5.82 Å². The maximum Gasteiger partial charge on any atom is 0.160 e. The van der Waals surface area contributed by atoms with Crippen LogP contribution in [-0.2, 0) is 0 Å². The number of hydrogen-bond donors (Lipinski definition) is 0. The van der Waals surface area contributed by atoms with E-state index in [0.29, 0.717) is 5.82 Å².